The van der Waals surface area contributed by atoms with Gasteiger partial charge in [-0.05, 0) is 72.1 Å². The summed E-state index contributed by atoms with van der Waals surface area (Å²) in [5.41, 5.74) is 2.93. The minimum Gasteiger partial charge on any atom is -0.508 e. The smallest absolute Gasteiger partial charge is 0.272 e. The summed E-state index contributed by atoms with van der Waals surface area (Å²) >= 11 is 1.32. The average Bonchev–Trinajstić information content (AvgIpc) is 3.49. The highest BCUT2D eigenvalue weighted by Gasteiger charge is 2.17. The molecule has 5 rings (SSSR count). The third-order valence-electron chi connectivity index (χ3n) is 6.35. The Morgan fingerprint density at radius 1 is 0.884 bits per heavy atom. The minimum atomic E-state index is -0.570. The molecule has 10 heteroatoms. The van der Waals surface area contributed by atoms with Crippen LogP contribution in [0.1, 0.15) is 15.9 Å². The number of carbonyl (C=O) groups is 3. The van der Waals surface area contributed by atoms with E-state index in [0.29, 0.717) is 28.3 Å². The fourth-order valence-electron chi connectivity index (χ4n) is 4.25. The Labute approximate surface area is 252 Å². The summed E-state index contributed by atoms with van der Waals surface area (Å²) in [4.78, 5) is 42.9. The normalized spacial score (nSPS) is 11.1. The molecule has 0 saturated carbocycles. The zero-order valence-electron chi connectivity index (χ0n) is 23.1. The molecule has 43 heavy (non-hydrogen) atoms. The van der Waals surface area contributed by atoms with Crippen LogP contribution in [0, 0.1) is 0 Å². The van der Waals surface area contributed by atoms with Crippen molar-refractivity contribution in [1.82, 2.24) is 10.3 Å². The number of benzene rings is 4. The predicted octanol–water partition coefficient (Wildman–Crippen LogP) is 6.02. The van der Waals surface area contributed by atoms with E-state index in [1.54, 1.807) is 54.6 Å². The third kappa shape index (κ3) is 7.63. The number of amides is 3. The standard InChI is InChI=1S/C33H28N4O5S/c1-42-30-19-26(38)13-11-23(30)16-29(37-32(40)22-6-3-2-4-7-22)33(41)36-24-8-5-9-27(17-24)43-20-31(39)35-25-12-10-21-14-15-34-28(21)18-25/h2-19,34,38H,20H2,1H3,(H,35,39)(H,36,41)(H,37,40)/b29-16+. The number of carbonyl (C=O) groups excluding carboxylic acids is 3. The number of methoxy groups -OCH3 is 1. The first-order valence-corrected chi connectivity index (χ1v) is 14.2. The fourth-order valence-corrected chi connectivity index (χ4v) is 5.01. The van der Waals surface area contributed by atoms with Crippen LogP contribution in [0.4, 0.5) is 11.4 Å². The van der Waals surface area contributed by atoms with E-state index in [4.69, 9.17) is 4.74 Å². The van der Waals surface area contributed by atoms with E-state index in [1.807, 2.05) is 36.5 Å². The second-order valence-electron chi connectivity index (χ2n) is 9.40. The second-order valence-corrected chi connectivity index (χ2v) is 10.5. The maximum Gasteiger partial charge on any atom is 0.272 e. The number of aromatic nitrogens is 1. The van der Waals surface area contributed by atoms with Gasteiger partial charge < -0.3 is 30.8 Å². The average molecular weight is 593 g/mol. The lowest BCUT2D eigenvalue weighted by Crippen LogP contribution is -2.30. The summed E-state index contributed by atoms with van der Waals surface area (Å²) in [6.45, 7) is 0. The van der Waals surface area contributed by atoms with Crippen LogP contribution in [-0.4, -0.2) is 40.7 Å². The number of anilines is 2. The number of H-pyrrole nitrogens is 1. The van der Waals surface area contributed by atoms with Crippen molar-refractivity contribution < 1.29 is 24.2 Å². The van der Waals surface area contributed by atoms with E-state index < -0.39 is 11.8 Å². The number of thioether (sulfide) groups is 1. The molecule has 4 aromatic carbocycles. The van der Waals surface area contributed by atoms with E-state index in [9.17, 15) is 19.5 Å². The molecule has 0 aliphatic carbocycles. The third-order valence-corrected chi connectivity index (χ3v) is 7.34. The molecule has 0 unspecified atom stereocenters. The Balaban J connectivity index is 1.29. The summed E-state index contributed by atoms with van der Waals surface area (Å²) in [5.74, 6) is -0.716. The Bertz CT molecular complexity index is 1820. The van der Waals surface area contributed by atoms with Gasteiger partial charge in [0.2, 0.25) is 5.91 Å². The van der Waals surface area contributed by atoms with Gasteiger partial charge in [-0.1, -0.05) is 30.3 Å². The van der Waals surface area contributed by atoms with Crippen LogP contribution in [0.2, 0.25) is 0 Å². The van der Waals surface area contributed by atoms with Crippen molar-refractivity contribution >= 4 is 57.8 Å². The second kappa shape index (κ2) is 13.5. The van der Waals surface area contributed by atoms with Crippen molar-refractivity contribution in [1.29, 1.82) is 0 Å². The van der Waals surface area contributed by atoms with Gasteiger partial charge in [0.15, 0.2) is 0 Å². The largest absolute Gasteiger partial charge is 0.508 e. The molecule has 5 N–H and O–H groups in total. The number of phenols is 1. The van der Waals surface area contributed by atoms with E-state index in [-0.39, 0.29) is 23.1 Å². The van der Waals surface area contributed by atoms with Crippen molar-refractivity contribution in [2.75, 3.05) is 23.5 Å². The van der Waals surface area contributed by atoms with Crippen LogP contribution in [-0.2, 0) is 9.59 Å². The number of nitrogens with one attached hydrogen (secondary N) is 4. The molecule has 9 nitrogen and oxygen atoms in total. The van der Waals surface area contributed by atoms with Crippen molar-refractivity contribution in [2.24, 2.45) is 0 Å². The van der Waals surface area contributed by atoms with Crippen molar-refractivity contribution in [2.45, 2.75) is 4.90 Å². The lowest BCUT2D eigenvalue weighted by molar-refractivity contribution is -0.114. The molecule has 3 amide bonds. The number of hydrogen-bond acceptors (Lipinski definition) is 6. The zero-order valence-corrected chi connectivity index (χ0v) is 23.9. The van der Waals surface area contributed by atoms with Crippen LogP contribution in [0.25, 0.3) is 17.0 Å². The van der Waals surface area contributed by atoms with Gasteiger partial charge in [-0.15, -0.1) is 11.8 Å². The summed E-state index contributed by atoms with van der Waals surface area (Å²) in [5, 5.41) is 19.3. The van der Waals surface area contributed by atoms with Crippen molar-refractivity contribution in [3.63, 3.8) is 0 Å². The quantitative estimate of drug-likeness (QED) is 0.0995. The molecule has 0 atom stereocenters. The SMILES string of the molecule is COc1cc(O)ccc1/C=C(/NC(=O)c1ccccc1)C(=O)Nc1cccc(SCC(=O)Nc2ccc3cc[nH]c3c2)c1. The molecule has 0 radical (unpaired) electrons. The van der Waals surface area contributed by atoms with Gasteiger partial charge in [-0.3, -0.25) is 14.4 Å². The molecule has 0 aliphatic rings. The molecule has 216 valence electrons. The molecule has 0 fully saturated rings. The molecule has 1 heterocycles. The number of fused-ring (bicyclic) bond motifs is 1. The van der Waals surface area contributed by atoms with Gasteiger partial charge in [-0.2, -0.15) is 0 Å². The highest BCUT2D eigenvalue weighted by molar-refractivity contribution is 8.00. The van der Waals surface area contributed by atoms with Gasteiger partial charge in [0.1, 0.15) is 17.2 Å². The lowest BCUT2D eigenvalue weighted by Gasteiger charge is -2.13. The van der Waals surface area contributed by atoms with Gasteiger partial charge in [0.05, 0.1) is 12.9 Å². The summed E-state index contributed by atoms with van der Waals surface area (Å²) < 4.78 is 5.34. The fraction of sp³-hybridized carbons (Fsp3) is 0.0606. The maximum atomic E-state index is 13.4. The van der Waals surface area contributed by atoms with Crippen LogP contribution in [0.5, 0.6) is 11.5 Å². The van der Waals surface area contributed by atoms with Crippen LogP contribution >= 0.6 is 11.8 Å². The molecule has 0 bridgehead atoms. The van der Waals surface area contributed by atoms with Crippen LogP contribution in [0.3, 0.4) is 0 Å². The molecule has 0 saturated heterocycles. The number of hydrogen-bond donors (Lipinski definition) is 5. The molecule has 1 aromatic heterocycles. The van der Waals surface area contributed by atoms with Gasteiger partial charge >= 0.3 is 0 Å². The zero-order chi connectivity index (χ0) is 30.2. The van der Waals surface area contributed by atoms with E-state index in [1.165, 1.54) is 37.1 Å². The summed E-state index contributed by atoms with van der Waals surface area (Å²) in [7, 11) is 1.44. The van der Waals surface area contributed by atoms with Crippen molar-refractivity contribution in [3.05, 3.63) is 120 Å². The first-order valence-electron chi connectivity index (χ1n) is 13.2. The first-order chi connectivity index (χ1) is 20.9. The van der Waals surface area contributed by atoms with E-state index in [0.717, 1.165) is 15.8 Å². The van der Waals surface area contributed by atoms with Crippen LogP contribution in [0.15, 0.2) is 114 Å². The lowest BCUT2D eigenvalue weighted by atomic mass is 10.1. The highest BCUT2D eigenvalue weighted by Crippen LogP contribution is 2.27. The molecule has 5 aromatic rings. The van der Waals surface area contributed by atoms with Crippen LogP contribution < -0.4 is 20.7 Å². The molecule has 0 aliphatic heterocycles. The maximum absolute atomic E-state index is 13.4. The molecular formula is C33H28N4O5S. The summed E-state index contributed by atoms with van der Waals surface area (Å²) in [6.07, 6.45) is 3.32. The first kappa shape index (κ1) is 29.0. The molecular weight excluding hydrogens is 564 g/mol. The Morgan fingerprint density at radius 3 is 2.51 bits per heavy atom. The van der Waals surface area contributed by atoms with Gasteiger partial charge in [0, 0.05) is 45.2 Å². The predicted molar refractivity (Wildman–Crippen MR) is 169 cm³/mol. The monoisotopic (exact) mass is 592 g/mol. The number of aromatic hydroxyl groups is 1. The number of phenolic OH excluding ortho intramolecular Hbond substituents is 1. The molecule has 0 spiro atoms. The number of aromatic amines is 1. The van der Waals surface area contributed by atoms with Gasteiger partial charge in [-0.25, -0.2) is 0 Å². The van der Waals surface area contributed by atoms with E-state index >= 15 is 0 Å². The Morgan fingerprint density at radius 2 is 1.70 bits per heavy atom. The highest BCUT2D eigenvalue weighted by atomic mass is 32.2. The summed E-state index contributed by atoms with van der Waals surface area (Å²) in [6, 6.07) is 27.7. The van der Waals surface area contributed by atoms with Crippen molar-refractivity contribution in [3.8, 4) is 11.5 Å². The topological polar surface area (TPSA) is 133 Å². The Hall–Kier alpha value is -5.48. The number of ether oxygens (including phenoxy) is 1. The van der Waals surface area contributed by atoms with Gasteiger partial charge in [0.25, 0.3) is 11.8 Å². The van der Waals surface area contributed by atoms with E-state index in [2.05, 4.69) is 20.9 Å². The number of rotatable bonds is 10. The minimum absolute atomic E-state index is 0.00194. The Kier molecular flexibility index (Phi) is 9.08.